The van der Waals surface area contributed by atoms with Crippen LogP contribution in [0.15, 0.2) is 0 Å². The molecule has 0 amide bonds. The van der Waals surface area contributed by atoms with Crippen LogP contribution < -0.4 is 0 Å². The first-order valence-corrected chi connectivity index (χ1v) is 7.67. The monoisotopic (exact) mass is 302 g/mol. The van der Waals surface area contributed by atoms with Gasteiger partial charge in [0.15, 0.2) is 4.77 Å². The first kappa shape index (κ1) is 14.6. The van der Waals surface area contributed by atoms with E-state index in [9.17, 15) is 4.79 Å². The van der Waals surface area contributed by atoms with Crippen LogP contribution >= 0.6 is 23.8 Å². The Bertz CT molecular complexity index is 509. The quantitative estimate of drug-likeness (QED) is 0.516. The summed E-state index contributed by atoms with van der Waals surface area (Å²) in [4.78, 5) is 15.2. The van der Waals surface area contributed by atoms with Gasteiger partial charge < -0.3 is 14.3 Å². The van der Waals surface area contributed by atoms with Crippen LogP contribution in [0.5, 0.6) is 0 Å². The number of rotatable bonds is 5. The molecular formula is C13H19ClN2O2S. The molecule has 2 rings (SSSR count). The molecule has 0 saturated heterocycles. The lowest BCUT2D eigenvalue weighted by atomic mass is 9.90. The molecule has 4 nitrogen and oxygen atoms in total. The largest absolute Gasteiger partial charge is 0.465 e. The molecule has 1 aromatic rings. The number of hydrogen-bond acceptors (Lipinski definition) is 3. The smallest absolute Gasteiger partial charge is 0.314 e. The number of aromatic nitrogens is 2. The maximum atomic E-state index is 12.0. The molecule has 1 aliphatic rings. The van der Waals surface area contributed by atoms with Crippen molar-refractivity contribution in [2.75, 3.05) is 12.5 Å². The van der Waals surface area contributed by atoms with Crippen molar-refractivity contribution < 1.29 is 9.53 Å². The second-order valence-electron chi connectivity index (χ2n) is 4.68. The zero-order valence-electron chi connectivity index (χ0n) is 11.1. The van der Waals surface area contributed by atoms with Crippen LogP contribution in [0.1, 0.15) is 43.5 Å². The number of alkyl halides is 1. The Morgan fingerprint density at radius 1 is 1.63 bits per heavy atom. The standard InChI is InChI=1S/C13H19ClN2O2S/c1-2-18-12(17)9-5-3-6-10-11(9)15-13(19)16(10)8-4-7-14/h9H,2-8H2,1H3,(H,15,19). The molecule has 0 fully saturated rings. The molecule has 1 unspecified atom stereocenters. The number of carbonyl (C=O) groups excluding carboxylic acids is 1. The van der Waals surface area contributed by atoms with Crippen molar-refractivity contribution in [3.8, 4) is 0 Å². The third-order valence-electron chi connectivity index (χ3n) is 3.46. The number of hydrogen-bond donors (Lipinski definition) is 1. The summed E-state index contributed by atoms with van der Waals surface area (Å²) in [5.74, 6) is 0.273. The van der Waals surface area contributed by atoms with E-state index in [1.807, 2.05) is 6.92 Å². The van der Waals surface area contributed by atoms with Gasteiger partial charge >= 0.3 is 5.97 Å². The summed E-state index contributed by atoms with van der Waals surface area (Å²) >= 11 is 11.1. The summed E-state index contributed by atoms with van der Waals surface area (Å²) in [6.45, 7) is 3.05. The van der Waals surface area contributed by atoms with Crippen molar-refractivity contribution in [3.63, 3.8) is 0 Å². The molecule has 0 aromatic carbocycles. The van der Waals surface area contributed by atoms with Gasteiger partial charge in [0.2, 0.25) is 0 Å². The van der Waals surface area contributed by atoms with Crippen molar-refractivity contribution in [1.82, 2.24) is 9.55 Å². The highest BCUT2D eigenvalue weighted by atomic mass is 35.5. The lowest BCUT2D eigenvalue weighted by Crippen LogP contribution is -2.22. The van der Waals surface area contributed by atoms with Crippen molar-refractivity contribution in [3.05, 3.63) is 16.2 Å². The minimum atomic E-state index is -0.192. The fraction of sp³-hybridized carbons (Fsp3) is 0.692. The second kappa shape index (κ2) is 6.57. The van der Waals surface area contributed by atoms with Crippen molar-refractivity contribution >= 4 is 29.8 Å². The number of imidazole rings is 1. The lowest BCUT2D eigenvalue weighted by Gasteiger charge is -2.21. The average Bonchev–Trinajstić information content (AvgIpc) is 2.72. The summed E-state index contributed by atoms with van der Waals surface area (Å²) in [7, 11) is 0. The molecule has 6 heteroatoms. The normalized spacial score (nSPS) is 18.1. The summed E-state index contributed by atoms with van der Waals surface area (Å²) in [6, 6.07) is 0. The third-order valence-corrected chi connectivity index (χ3v) is 4.05. The minimum Gasteiger partial charge on any atom is -0.465 e. The summed E-state index contributed by atoms with van der Waals surface area (Å²) in [5, 5.41) is 0. The van der Waals surface area contributed by atoms with E-state index >= 15 is 0 Å². The molecule has 1 heterocycles. The maximum absolute atomic E-state index is 12.0. The number of nitrogens with zero attached hydrogens (tertiary/aromatic N) is 1. The number of aromatic amines is 1. The highest BCUT2D eigenvalue weighted by molar-refractivity contribution is 7.71. The number of nitrogens with one attached hydrogen (secondary N) is 1. The molecule has 0 radical (unpaired) electrons. The molecule has 1 N–H and O–H groups in total. The molecule has 1 aromatic heterocycles. The first-order valence-electron chi connectivity index (χ1n) is 6.73. The highest BCUT2D eigenvalue weighted by Crippen LogP contribution is 2.32. The van der Waals surface area contributed by atoms with Gasteiger partial charge in [-0.2, -0.15) is 0 Å². The van der Waals surface area contributed by atoms with Crippen molar-refractivity contribution in [1.29, 1.82) is 0 Å². The number of carbonyl (C=O) groups is 1. The van der Waals surface area contributed by atoms with Gasteiger partial charge in [-0.3, -0.25) is 4.79 Å². The van der Waals surface area contributed by atoms with E-state index in [0.29, 0.717) is 17.3 Å². The predicted molar refractivity (Wildman–Crippen MR) is 77.3 cm³/mol. The van der Waals surface area contributed by atoms with Gasteiger partial charge in [-0.25, -0.2) is 0 Å². The maximum Gasteiger partial charge on any atom is 0.314 e. The van der Waals surface area contributed by atoms with E-state index in [1.165, 1.54) is 0 Å². The molecule has 1 aliphatic carbocycles. The second-order valence-corrected chi connectivity index (χ2v) is 5.45. The fourth-order valence-corrected chi connectivity index (χ4v) is 3.06. The number of esters is 1. The van der Waals surface area contributed by atoms with Crippen molar-refractivity contribution in [2.24, 2.45) is 0 Å². The molecular weight excluding hydrogens is 284 g/mol. The van der Waals surface area contributed by atoms with Gasteiger partial charge in [-0.1, -0.05) is 0 Å². The van der Waals surface area contributed by atoms with Gasteiger partial charge in [0, 0.05) is 18.1 Å². The van der Waals surface area contributed by atoms with E-state index in [1.54, 1.807) is 0 Å². The Balaban J connectivity index is 2.30. The lowest BCUT2D eigenvalue weighted by molar-refractivity contribution is -0.145. The molecule has 19 heavy (non-hydrogen) atoms. The number of ether oxygens (including phenoxy) is 1. The Morgan fingerprint density at radius 3 is 3.11 bits per heavy atom. The zero-order valence-corrected chi connectivity index (χ0v) is 12.6. The van der Waals surface area contributed by atoms with E-state index in [0.717, 1.165) is 43.6 Å². The van der Waals surface area contributed by atoms with Crippen LogP contribution in [0.4, 0.5) is 0 Å². The molecule has 1 atom stereocenters. The van der Waals surface area contributed by atoms with Crippen LogP contribution in [-0.4, -0.2) is 28.0 Å². The molecule has 106 valence electrons. The first-order chi connectivity index (χ1) is 9.19. The molecule has 0 spiro atoms. The van der Waals surface area contributed by atoms with E-state index in [4.69, 9.17) is 28.6 Å². The Labute approximate surface area is 123 Å². The fourth-order valence-electron chi connectivity index (χ4n) is 2.63. The minimum absolute atomic E-state index is 0.149. The van der Waals surface area contributed by atoms with Gasteiger partial charge in [-0.05, 0) is 44.8 Å². The molecule has 0 aliphatic heterocycles. The van der Waals surface area contributed by atoms with Crippen LogP contribution in [0, 0.1) is 4.77 Å². The Hall–Kier alpha value is -0.810. The van der Waals surface area contributed by atoms with E-state index < -0.39 is 0 Å². The SMILES string of the molecule is CCOC(=O)C1CCCc2c1[nH]c(=S)n2CCCCl. The van der Waals surface area contributed by atoms with Gasteiger partial charge in [0.25, 0.3) is 0 Å². The van der Waals surface area contributed by atoms with Crippen molar-refractivity contribution in [2.45, 2.75) is 45.1 Å². The van der Waals surface area contributed by atoms with Crippen LogP contribution in [0.3, 0.4) is 0 Å². The summed E-state index contributed by atoms with van der Waals surface area (Å²) in [5.41, 5.74) is 2.10. The number of halogens is 1. The predicted octanol–water partition coefficient (Wildman–Crippen LogP) is 3.16. The Kier molecular flexibility index (Phi) is 5.05. The van der Waals surface area contributed by atoms with Crippen LogP contribution in [0.25, 0.3) is 0 Å². The summed E-state index contributed by atoms with van der Waals surface area (Å²) in [6.07, 6.45) is 3.66. The summed E-state index contributed by atoms with van der Waals surface area (Å²) < 4.78 is 7.91. The molecule has 0 bridgehead atoms. The Morgan fingerprint density at radius 2 is 2.42 bits per heavy atom. The average molecular weight is 303 g/mol. The topological polar surface area (TPSA) is 47.0 Å². The van der Waals surface area contributed by atoms with Gasteiger partial charge in [0.1, 0.15) is 0 Å². The van der Waals surface area contributed by atoms with E-state index in [-0.39, 0.29) is 11.9 Å². The zero-order chi connectivity index (χ0) is 13.8. The number of fused-ring (bicyclic) bond motifs is 1. The van der Waals surface area contributed by atoms with Gasteiger partial charge in [0.05, 0.1) is 18.2 Å². The number of H-pyrrole nitrogens is 1. The van der Waals surface area contributed by atoms with Crippen LogP contribution in [0.2, 0.25) is 0 Å². The highest BCUT2D eigenvalue weighted by Gasteiger charge is 2.31. The van der Waals surface area contributed by atoms with Crippen LogP contribution in [-0.2, 0) is 22.5 Å². The van der Waals surface area contributed by atoms with Gasteiger partial charge in [-0.15, -0.1) is 11.6 Å². The van der Waals surface area contributed by atoms with E-state index in [2.05, 4.69) is 9.55 Å². The molecule has 0 saturated carbocycles. The third kappa shape index (κ3) is 3.03.